The molecule has 1 unspecified atom stereocenters. The number of carbonyl (C=O) groups excluding carboxylic acids is 2. The monoisotopic (exact) mass is 490 g/mol. The molecule has 158 valence electrons. The van der Waals surface area contributed by atoms with Crippen LogP contribution in [0, 0.1) is 6.92 Å². The number of carbonyl (C=O) groups is 2. The number of fused-ring (bicyclic) bond motifs is 1. The quantitative estimate of drug-likeness (QED) is 0.552. The zero-order valence-corrected chi connectivity index (χ0v) is 19.2. The number of rotatable bonds is 6. The predicted octanol–water partition coefficient (Wildman–Crippen LogP) is 3.33. The number of halogens is 1. The minimum Gasteiger partial charge on any atom is -0.351 e. The van der Waals surface area contributed by atoms with Gasteiger partial charge in [-0.25, -0.2) is 4.52 Å². The van der Waals surface area contributed by atoms with Gasteiger partial charge in [-0.05, 0) is 55.2 Å². The molecule has 2 N–H and O–H groups in total. The van der Waals surface area contributed by atoms with Gasteiger partial charge in [-0.2, -0.15) is 5.10 Å². The van der Waals surface area contributed by atoms with Crippen LogP contribution in [0.2, 0.25) is 0 Å². The number of hydrogen-bond acceptors (Lipinski definition) is 6. The molecule has 0 saturated carbocycles. The molecule has 10 heteroatoms. The van der Waals surface area contributed by atoms with Crippen molar-refractivity contribution in [3.8, 4) is 0 Å². The van der Waals surface area contributed by atoms with E-state index in [9.17, 15) is 9.59 Å². The van der Waals surface area contributed by atoms with Crippen LogP contribution in [-0.2, 0) is 0 Å². The van der Waals surface area contributed by atoms with Crippen LogP contribution < -0.4 is 10.6 Å². The minimum atomic E-state index is -0.287. The SMILES string of the molecule is Cc1ncc(C(=O)NCCN2CCCC2C)cc1NC(=O)c1cnn2cc(Br)sc12. The first-order valence-corrected chi connectivity index (χ1v) is 11.5. The highest BCUT2D eigenvalue weighted by atomic mass is 79.9. The van der Waals surface area contributed by atoms with Gasteiger partial charge in [-0.15, -0.1) is 11.3 Å². The zero-order chi connectivity index (χ0) is 21.3. The molecule has 8 nitrogen and oxygen atoms in total. The number of anilines is 1. The van der Waals surface area contributed by atoms with Gasteiger partial charge in [0, 0.05) is 25.3 Å². The van der Waals surface area contributed by atoms with Crippen LogP contribution in [0.4, 0.5) is 5.69 Å². The Morgan fingerprint density at radius 3 is 2.93 bits per heavy atom. The summed E-state index contributed by atoms with van der Waals surface area (Å²) < 4.78 is 2.54. The summed E-state index contributed by atoms with van der Waals surface area (Å²) in [6.07, 6.45) is 7.30. The maximum absolute atomic E-state index is 12.8. The van der Waals surface area contributed by atoms with Crippen molar-refractivity contribution in [1.29, 1.82) is 0 Å². The number of aryl methyl sites for hydroxylation is 1. The maximum atomic E-state index is 12.8. The first kappa shape index (κ1) is 21.0. The maximum Gasteiger partial charge on any atom is 0.260 e. The lowest BCUT2D eigenvalue weighted by molar-refractivity contribution is 0.0946. The third-order valence-corrected chi connectivity index (χ3v) is 6.98. The van der Waals surface area contributed by atoms with E-state index in [1.54, 1.807) is 23.7 Å². The van der Waals surface area contributed by atoms with Crippen LogP contribution >= 0.6 is 27.3 Å². The van der Waals surface area contributed by atoms with Gasteiger partial charge in [0.25, 0.3) is 11.8 Å². The summed E-state index contributed by atoms with van der Waals surface area (Å²) in [6, 6.07) is 2.24. The Hall–Kier alpha value is -2.30. The van der Waals surface area contributed by atoms with Crippen LogP contribution in [0.15, 0.2) is 28.4 Å². The molecule has 30 heavy (non-hydrogen) atoms. The van der Waals surface area contributed by atoms with E-state index in [1.807, 2.05) is 0 Å². The molecular formula is C20H23BrN6O2S. The average Bonchev–Trinajstić information content (AvgIpc) is 3.39. The first-order chi connectivity index (χ1) is 14.4. The molecule has 0 aromatic carbocycles. The molecule has 1 atom stereocenters. The zero-order valence-electron chi connectivity index (χ0n) is 16.8. The summed E-state index contributed by atoms with van der Waals surface area (Å²) in [7, 11) is 0. The summed E-state index contributed by atoms with van der Waals surface area (Å²) in [4.78, 5) is 32.7. The van der Waals surface area contributed by atoms with E-state index >= 15 is 0 Å². The van der Waals surface area contributed by atoms with Crippen molar-refractivity contribution in [2.45, 2.75) is 32.7 Å². The van der Waals surface area contributed by atoms with Gasteiger partial charge in [0.05, 0.1) is 38.7 Å². The molecule has 1 saturated heterocycles. The molecule has 1 aliphatic rings. The number of hydrogen-bond donors (Lipinski definition) is 2. The number of amides is 2. The van der Waals surface area contributed by atoms with Crippen molar-refractivity contribution in [1.82, 2.24) is 24.8 Å². The number of likely N-dealkylation sites (tertiary alicyclic amines) is 1. The number of pyridine rings is 1. The minimum absolute atomic E-state index is 0.194. The molecule has 3 aromatic rings. The highest BCUT2D eigenvalue weighted by Gasteiger charge is 2.20. The summed E-state index contributed by atoms with van der Waals surface area (Å²) in [5, 5.41) is 10.0. The second kappa shape index (κ2) is 8.83. The standard InChI is InChI=1S/C20H23BrN6O2S/c1-12-4-3-6-26(12)7-5-22-18(28)14-8-16(13(2)23-9-14)25-19(29)15-10-24-27-11-17(21)30-20(15)27/h8-12H,3-7H2,1-2H3,(H,22,28)(H,25,29). The topological polar surface area (TPSA) is 91.6 Å². The molecule has 2 amide bonds. The van der Waals surface area contributed by atoms with E-state index < -0.39 is 0 Å². The Balaban J connectivity index is 1.42. The van der Waals surface area contributed by atoms with Crippen molar-refractivity contribution < 1.29 is 9.59 Å². The van der Waals surface area contributed by atoms with Gasteiger partial charge in [0.15, 0.2) is 0 Å². The third kappa shape index (κ3) is 4.40. The van der Waals surface area contributed by atoms with Crippen LogP contribution in [0.1, 0.15) is 46.2 Å². The van der Waals surface area contributed by atoms with E-state index in [0.717, 1.165) is 21.7 Å². The molecule has 3 aromatic heterocycles. The highest BCUT2D eigenvalue weighted by Crippen LogP contribution is 2.26. The second-order valence-corrected chi connectivity index (χ2v) is 9.85. The fourth-order valence-corrected chi connectivity index (χ4v) is 5.07. The predicted molar refractivity (Wildman–Crippen MR) is 120 cm³/mol. The lowest BCUT2D eigenvalue weighted by Crippen LogP contribution is -2.36. The Morgan fingerprint density at radius 2 is 2.17 bits per heavy atom. The average molecular weight is 491 g/mol. The lowest BCUT2D eigenvalue weighted by atomic mass is 10.2. The van der Waals surface area contributed by atoms with E-state index in [4.69, 9.17) is 0 Å². The van der Waals surface area contributed by atoms with Crippen LogP contribution in [-0.4, -0.2) is 57.0 Å². The van der Waals surface area contributed by atoms with Crippen molar-refractivity contribution >= 4 is 49.6 Å². The van der Waals surface area contributed by atoms with Gasteiger partial charge in [-0.1, -0.05) is 0 Å². The fraction of sp³-hybridized carbons (Fsp3) is 0.400. The first-order valence-electron chi connectivity index (χ1n) is 9.85. The number of thiazole rings is 1. The second-order valence-electron chi connectivity index (χ2n) is 7.44. The van der Waals surface area contributed by atoms with Crippen molar-refractivity contribution in [2.75, 3.05) is 25.0 Å². The fourth-order valence-electron chi connectivity index (χ4n) is 3.63. The Morgan fingerprint density at radius 1 is 1.33 bits per heavy atom. The Labute approximate surface area is 186 Å². The number of nitrogens with one attached hydrogen (secondary N) is 2. The van der Waals surface area contributed by atoms with E-state index in [-0.39, 0.29) is 11.8 Å². The smallest absolute Gasteiger partial charge is 0.260 e. The number of aromatic nitrogens is 3. The molecular weight excluding hydrogens is 468 g/mol. The van der Waals surface area contributed by atoms with Crippen molar-refractivity contribution in [3.05, 3.63) is 45.3 Å². The van der Waals surface area contributed by atoms with Crippen LogP contribution in [0.25, 0.3) is 4.83 Å². The van der Waals surface area contributed by atoms with Gasteiger partial charge in [-0.3, -0.25) is 19.5 Å². The van der Waals surface area contributed by atoms with E-state index in [2.05, 4.69) is 48.5 Å². The highest BCUT2D eigenvalue weighted by molar-refractivity contribution is 9.11. The van der Waals surface area contributed by atoms with Crippen LogP contribution in [0.5, 0.6) is 0 Å². The lowest BCUT2D eigenvalue weighted by Gasteiger charge is -2.20. The van der Waals surface area contributed by atoms with Gasteiger partial charge >= 0.3 is 0 Å². The molecule has 1 fully saturated rings. The van der Waals surface area contributed by atoms with Crippen molar-refractivity contribution in [2.24, 2.45) is 0 Å². The van der Waals surface area contributed by atoms with E-state index in [1.165, 1.54) is 36.6 Å². The van der Waals surface area contributed by atoms with Gasteiger partial charge < -0.3 is 10.6 Å². The molecule has 0 spiro atoms. The van der Waals surface area contributed by atoms with Crippen molar-refractivity contribution in [3.63, 3.8) is 0 Å². The Bertz CT molecular complexity index is 1090. The molecule has 0 radical (unpaired) electrons. The summed E-state index contributed by atoms with van der Waals surface area (Å²) in [5.41, 5.74) is 2.04. The normalized spacial score (nSPS) is 16.8. The summed E-state index contributed by atoms with van der Waals surface area (Å²) in [6.45, 7) is 6.52. The van der Waals surface area contributed by atoms with Gasteiger partial charge in [0.1, 0.15) is 4.83 Å². The van der Waals surface area contributed by atoms with Gasteiger partial charge in [0.2, 0.25) is 0 Å². The molecule has 4 heterocycles. The van der Waals surface area contributed by atoms with E-state index in [0.29, 0.717) is 35.1 Å². The largest absolute Gasteiger partial charge is 0.351 e. The third-order valence-electron chi connectivity index (χ3n) is 5.38. The number of nitrogens with zero attached hydrogens (tertiary/aromatic N) is 4. The Kier molecular flexibility index (Phi) is 6.16. The summed E-state index contributed by atoms with van der Waals surface area (Å²) in [5.74, 6) is -0.482. The van der Waals surface area contributed by atoms with Crippen LogP contribution in [0.3, 0.4) is 0 Å². The molecule has 1 aliphatic heterocycles. The molecule has 0 aliphatic carbocycles. The molecule has 0 bridgehead atoms. The summed E-state index contributed by atoms with van der Waals surface area (Å²) >= 11 is 4.83. The molecule has 4 rings (SSSR count).